The maximum absolute atomic E-state index is 3.75. The van der Waals surface area contributed by atoms with Gasteiger partial charge in [0, 0.05) is 12.6 Å². The van der Waals surface area contributed by atoms with E-state index in [9.17, 15) is 0 Å². The molecule has 1 N–H and O–H groups in total. The Morgan fingerprint density at radius 3 is 3.15 bits per heavy atom. The molecule has 1 nitrogen and oxygen atoms in total. The first-order chi connectivity index (χ1) is 6.42. The number of benzene rings is 1. The molecule has 1 heterocycles. The third-order valence-corrected chi connectivity index (χ3v) is 2.63. The molecule has 1 atom stereocenters. The summed E-state index contributed by atoms with van der Waals surface area (Å²) < 4.78 is 0. The lowest BCUT2D eigenvalue weighted by Gasteiger charge is -2.09. The van der Waals surface area contributed by atoms with Gasteiger partial charge in [-0.1, -0.05) is 30.3 Å². The minimum Gasteiger partial charge on any atom is -0.306 e. The zero-order valence-electron chi connectivity index (χ0n) is 7.79. The predicted octanol–water partition coefficient (Wildman–Crippen LogP) is 2.80. The van der Waals surface area contributed by atoms with E-state index in [0.717, 1.165) is 13.0 Å². The van der Waals surface area contributed by atoms with Crippen LogP contribution in [-0.2, 0) is 6.54 Å². The zero-order chi connectivity index (χ0) is 9.10. The summed E-state index contributed by atoms with van der Waals surface area (Å²) in [5.41, 5.74) is 2.93. The van der Waals surface area contributed by atoms with Gasteiger partial charge in [-0.3, -0.25) is 0 Å². The maximum Gasteiger partial charge on any atom is 0.0329 e. The molecular formula is C12H15N. The van der Waals surface area contributed by atoms with Crippen LogP contribution in [0.5, 0.6) is 0 Å². The topological polar surface area (TPSA) is 12.0 Å². The second-order valence-electron chi connectivity index (χ2n) is 3.50. The third-order valence-electron chi connectivity index (χ3n) is 2.63. The molecule has 0 saturated heterocycles. The number of fused-ring (bicyclic) bond motifs is 1. The van der Waals surface area contributed by atoms with Crippen LogP contribution in [0, 0.1) is 0 Å². The molecule has 0 bridgehead atoms. The highest BCUT2D eigenvalue weighted by atomic mass is 14.9. The Balaban J connectivity index is 2.13. The second kappa shape index (κ2) is 3.75. The molecule has 1 aromatic rings. The summed E-state index contributed by atoms with van der Waals surface area (Å²) in [4.78, 5) is 0. The number of allylic oxidation sites excluding steroid dienone is 1. The molecule has 1 aliphatic rings. The van der Waals surface area contributed by atoms with Crippen LogP contribution in [0.15, 0.2) is 36.9 Å². The molecule has 1 unspecified atom stereocenters. The van der Waals surface area contributed by atoms with Crippen molar-refractivity contribution in [1.82, 2.24) is 5.32 Å². The molecule has 1 heteroatoms. The summed E-state index contributed by atoms with van der Waals surface area (Å²) >= 11 is 0. The van der Waals surface area contributed by atoms with Crippen molar-refractivity contribution in [3.63, 3.8) is 0 Å². The Labute approximate surface area is 79.5 Å². The summed E-state index contributed by atoms with van der Waals surface area (Å²) in [6.45, 7) is 4.78. The largest absolute Gasteiger partial charge is 0.306 e. The van der Waals surface area contributed by atoms with Crippen molar-refractivity contribution in [2.75, 3.05) is 0 Å². The quantitative estimate of drug-likeness (QED) is 0.693. The molecule has 68 valence electrons. The second-order valence-corrected chi connectivity index (χ2v) is 3.50. The van der Waals surface area contributed by atoms with Crippen LogP contribution in [0.4, 0.5) is 0 Å². The zero-order valence-corrected chi connectivity index (χ0v) is 7.79. The van der Waals surface area contributed by atoms with Crippen LogP contribution in [0.25, 0.3) is 0 Å². The van der Waals surface area contributed by atoms with Gasteiger partial charge in [0.15, 0.2) is 0 Å². The van der Waals surface area contributed by atoms with E-state index in [4.69, 9.17) is 0 Å². The molecular weight excluding hydrogens is 158 g/mol. The fourth-order valence-corrected chi connectivity index (χ4v) is 1.92. The van der Waals surface area contributed by atoms with Gasteiger partial charge >= 0.3 is 0 Å². The fourth-order valence-electron chi connectivity index (χ4n) is 1.92. The van der Waals surface area contributed by atoms with E-state index in [1.165, 1.54) is 17.5 Å². The monoisotopic (exact) mass is 173 g/mol. The number of rotatable bonds is 3. The molecule has 0 fully saturated rings. The Kier molecular flexibility index (Phi) is 2.46. The Morgan fingerprint density at radius 1 is 1.46 bits per heavy atom. The van der Waals surface area contributed by atoms with E-state index in [-0.39, 0.29) is 0 Å². The highest BCUT2D eigenvalue weighted by Gasteiger charge is 2.19. The van der Waals surface area contributed by atoms with Crippen molar-refractivity contribution in [2.45, 2.75) is 25.4 Å². The fraction of sp³-hybridized carbons (Fsp3) is 0.333. The van der Waals surface area contributed by atoms with Crippen molar-refractivity contribution >= 4 is 0 Å². The van der Waals surface area contributed by atoms with Gasteiger partial charge in [0.25, 0.3) is 0 Å². The Hall–Kier alpha value is -1.08. The van der Waals surface area contributed by atoms with Gasteiger partial charge in [-0.2, -0.15) is 0 Å². The van der Waals surface area contributed by atoms with Crippen molar-refractivity contribution in [1.29, 1.82) is 0 Å². The van der Waals surface area contributed by atoms with Crippen LogP contribution >= 0.6 is 0 Å². The van der Waals surface area contributed by atoms with Gasteiger partial charge in [0.05, 0.1) is 0 Å². The van der Waals surface area contributed by atoms with Gasteiger partial charge in [0.1, 0.15) is 0 Å². The van der Waals surface area contributed by atoms with Crippen molar-refractivity contribution in [3.05, 3.63) is 48.0 Å². The van der Waals surface area contributed by atoms with E-state index >= 15 is 0 Å². The minimum absolute atomic E-state index is 0.550. The van der Waals surface area contributed by atoms with Gasteiger partial charge in [-0.15, -0.1) is 6.58 Å². The van der Waals surface area contributed by atoms with Crippen molar-refractivity contribution in [3.8, 4) is 0 Å². The van der Waals surface area contributed by atoms with Crippen molar-refractivity contribution < 1.29 is 0 Å². The summed E-state index contributed by atoms with van der Waals surface area (Å²) in [7, 11) is 0. The molecule has 0 amide bonds. The average molecular weight is 173 g/mol. The Bertz CT molecular complexity index is 304. The highest BCUT2D eigenvalue weighted by molar-refractivity contribution is 5.33. The van der Waals surface area contributed by atoms with E-state index in [2.05, 4.69) is 36.2 Å². The molecule has 1 aliphatic heterocycles. The normalized spacial score (nSPS) is 19.8. The standard InChI is InChI=1S/C12H15N/c1-2-3-8-12-11-7-5-4-6-10(11)9-13-12/h2,4-7,12-13H,1,3,8-9H2. The van der Waals surface area contributed by atoms with Crippen LogP contribution in [0.3, 0.4) is 0 Å². The molecule has 1 aromatic carbocycles. The lowest BCUT2D eigenvalue weighted by atomic mass is 10.0. The van der Waals surface area contributed by atoms with E-state index < -0.39 is 0 Å². The highest BCUT2D eigenvalue weighted by Crippen LogP contribution is 2.28. The molecule has 0 saturated carbocycles. The smallest absolute Gasteiger partial charge is 0.0329 e. The molecule has 0 aromatic heterocycles. The summed E-state index contributed by atoms with van der Waals surface area (Å²) in [5.74, 6) is 0. The Morgan fingerprint density at radius 2 is 2.31 bits per heavy atom. The predicted molar refractivity (Wildman–Crippen MR) is 55.5 cm³/mol. The molecule has 0 aliphatic carbocycles. The van der Waals surface area contributed by atoms with E-state index in [1.54, 1.807) is 0 Å². The molecule has 0 spiro atoms. The minimum atomic E-state index is 0.550. The number of nitrogens with one attached hydrogen (secondary N) is 1. The van der Waals surface area contributed by atoms with Crippen LogP contribution in [-0.4, -0.2) is 0 Å². The summed E-state index contributed by atoms with van der Waals surface area (Å²) in [5, 5.41) is 3.51. The summed E-state index contributed by atoms with van der Waals surface area (Å²) in [6.07, 6.45) is 4.25. The van der Waals surface area contributed by atoms with E-state index in [0.29, 0.717) is 6.04 Å². The molecule has 2 rings (SSSR count). The first-order valence-corrected chi connectivity index (χ1v) is 4.84. The third kappa shape index (κ3) is 1.65. The average Bonchev–Trinajstić information content (AvgIpc) is 2.58. The SMILES string of the molecule is C=CCCC1NCc2ccccc21. The first kappa shape index (κ1) is 8.52. The van der Waals surface area contributed by atoms with Crippen LogP contribution in [0.2, 0.25) is 0 Å². The van der Waals surface area contributed by atoms with Gasteiger partial charge < -0.3 is 5.32 Å². The lowest BCUT2D eigenvalue weighted by Crippen LogP contribution is -2.11. The van der Waals surface area contributed by atoms with Crippen LogP contribution in [0.1, 0.15) is 30.0 Å². The van der Waals surface area contributed by atoms with Gasteiger partial charge in [-0.25, -0.2) is 0 Å². The van der Waals surface area contributed by atoms with E-state index in [1.807, 2.05) is 6.08 Å². The number of hydrogen-bond acceptors (Lipinski definition) is 1. The summed E-state index contributed by atoms with van der Waals surface area (Å²) in [6, 6.07) is 9.21. The van der Waals surface area contributed by atoms with Gasteiger partial charge in [0.2, 0.25) is 0 Å². The maximum atomic E-state index is 3.75. The van der Waals surface area contributed by atoms with Crippen LogP contribution < -0.4 is 5.32 Å². The first-order valence-electron chi connectivity index (χ1n) is 4.84. The lowest BCUT2D eigenvalue weighted by molar-refractivity contribution is 0.547. The molecule has 0 radical (unpaired) electrons. The number of hydrogen-bond donors (Lipinski definition) is 1. The molecule has 13 heavy (non-hydrogen) atoms. The van der Waals surface area contributed by atoms with Crippen molar-refractivity contribution in [2.24, 2.45) is 0 Å². The van der Waals surface area contributed by atoms with Gasteiger partial charge in [-0.05, 0) is 24.0 Å².